The second-order valence-electron chi connectivity index (χ2n) is 7.17. The van der Waals surface area contributed by atoms with Crippen molar-refractivity contribution in [2.75, 3.05) is 19.7 Å². The maximum Gasteiger partial charge on any atom is 0.256 e. The Morgan fingerprint density at radius 3 is 2.39 bits per heavy atom. The van der Waals surface area contributed by atoms with Gasteiger partial charge in [0.05, 0.1) is 30.3 Å². The van der Waals surface area contributed by atoms with E-state index in [9.17, 15) is 15.0 Å². The highest BCUT2D eigenvalue weighted by Gasteiger charge is 2.25. The molecule has 9 heteroatoms. The van der Waals surface area contributed by atoms with E-state index in [-0.39, 0.29) is 19.1 Å². The minimum atomic E-state index is -1.11. The quantitative estimate of drug-likeness (QED) is 0.565. The Kier molecular flexibility index (Phi) is 8.47. The third kappa shape index (κ3) is 5.99. The Balaban J connectivity index is 0.00000166. The number of benzene rings is 1. The first-order valence-corrected chi connectivity index (χ1v) is 10.4. The van der Waals surface area contributed by atoms with Gasteiger partial charge in [-0.15, -0.1) is 0 Å². The minimum Gasteiger partial charge on any atom is -0.446 e. The van der Waals surface area contributed by atoms with Crippen LogP contribution in [-0.4, -0.2) is 60.7 Å². The number of para-hydroxylation sites is 1. The number of hydrogen-bond acceptors (Lipinski definition) is 7. The lowest BCUT2D eigenvalue weighted by atomic mass is 10.0. The number of aryl methyl sites for hydroxylation is 1. The van der Waals surface area contributed by atoms with Gasteiger partial charge in [-0.2, -0.15) is 15.0 Å². The van der Waals surface area contributed by atoms with E-state index in [1.165, 1.54) is 22.1 Å². The Morgan fingerprint density at radius 2 is 1.81 bits per heavy atom. The van der Waals surface area contributed by atoms with Crippen LogP contribution >= 0.6 is 0 Å². The van der Waals surface area contributed by atoms with Crippen molar-refractivity contribution in [2.45, 2.75) is 46.6 Å². The molecule has 2 aromatic heterocycles. The summed E-state index contributed by atoms with van der Waals surface area (Å²) in [6.07, 6.45) is 3.43. The molecule has 0 unspecified atom stereocenters. The number of nitrogens with zero attached hydrogens (tertiary/aromatic N) is 5. The van der Waals surface area contributed by atoms with Crippen molar-refractivity contribution in [2.24, 2.45) is 0 Å². The van der Waals surface area contributed by atoms with E-state index >= 15 is 0 Å². The van der Waals surface area contributed by atoms with Crippen LogP contribution in [0.4, 0.5) is 0 Å². The molecule has 0 spiro atoms. The van der Waals surface area contributed by atoms with Crippen molar-refractivity contribution < 1.29 is 19.4 Å². The minimum absolute atomic E-state index is 0.164. The lowest BCUT2D eigenvalue weighted by Crippen LogP contribution is -2.36. The molecule has 0 aliphatic carbocycles. The van der Waals surface area contributed by atoms with Crippen LogP contribution in [0.2, 0.25) is 0 Å². The van der Waals surface area contributed by atoms with E-state index in [2.05, 4.69) is 15.2 Å². The van der Waals surface area contributed by atoms with E-state index in [1.807, 2.05) is 13.8 Å². The summed E-state index contributed by atoms with van der Waals surface area (Å²) in [4.78, 5) is 20.4. The number of aromatic nitrogens is 4. The second kappa shape index (κ2) is 10.8. The zero-order valence-corrected chi connectivity index (χ0v) is 18.7. The molecule has 2 N–H and O–H groups in total. The van der Waals surface area contributed by atoms with E-state index in [1.54, 1.807) is 45.0 Å². The second-order valence-corrected chi connectivity index (χ2v) is 7.17. The molecule has 0 aliphatic rings. The van der Waals surface area contributed by atoms with Gasteiger partial charge in [0.1, 0.15) is 17.1 Å². The number of oxazole rings is 1. The van der Waals surface area contributed by atoms with Gasteiger partial charge in [-0.25, -0.2) is 4.98 Å². The van der Waals surface area contributed by atoms with Crippen LogP contribution in [0.15, 0.2) is 41.1 Å². The SMILES string of the molecule is CC.Cc1oc(CCN(CCO)C(=O)c2ccccc2-n2nccn2)nc1C(C)(C)O. The van der Waals surface area contributed by atoms with E-state index in [0.717, 1.165) is 0 Å². The predicted molar refractivity (Wildman–Crippen MR) is 116 cm³/mol. The van der Waals surface area contributed by atoms with Gasteiger partial charge in [-0.3, -0.25) is 4.79 Å². The largest absolute Gasteiger partial charge is 0.446 e. The van der Waals surface area contributed by atoms with E-state index < -0.39 is 5.60 Å². The zero-order valence-electron chi connectivity index (χ0n) is 18.7. The Hall–Kier alpha value is -3.04. The lowest BCUT2D eigenvalue weighted by molar-refractivity contribution is 0.0713. The molecule has 3 rings (SSSR count). The third-order valence-electron chi connectivity index (χ3n) is 4.44. The smallest absolute Gasteiger partial charge is 0.256 e. The number of aliphatic hydroxyl groups excluding tert-OH is 1. The van der Waals surface area contributed by atoms with Crippen molar-refractivity contribution in [3.05, 3.63) is 59.6 Å². The fourth-order valence-corrected chi connectivity index (χ4v) is 3.13. The van der Waals surface area contributed by atoms with Gasteiger partial charge in [-0.1, -0.05) is 26.0 Å². The van der Waals surface area contributed by atoms with Crippen LogP contribution < -0.4 is 0 Å². The molecule has 2 heterocycles. The number of amides is 1. The van der Waals surface area contributed by atoms with Crippen LogP contribution in [0.1, 0.15) is 55.4 Å². The highest BCUT2D eigenvalue weighted by atomic mass is 16.4. The molecule has 0 radical (unpaired) electrons. The van der Waals surface area contributed by atoms with Gasteiger partial charge < -0.3 is 19.5 Å². The van der Waals surface area contributed by atoms with Gasteiger partial charge in [0.25, 0.3) is 5.91 Å². The Bertz CT molecular complexity index is 961. The molecule has 1 aromatic carbocycles. The summed E-state index contributed by atoms with van der Waals surface area (Å²) in [5.41, 5.74) is 0.351. The molecule has 1 amide bonds. The molecule has 0 saturated carbocycles. The number of rotatable bonds is 8. The van der Waals surface area contributed by atoms with Crippen molar-refractivity contribution in [3.8, 4) is 5.69 Å². The van der Waals surface area contributed by atoms with Crippen LogP contribution in [0, 0.1) is 6.92 Å². The molecule has 0 fully saturated rings. The van der Waals surface area contributed by atoms with Crippen molar-refractivity contribution in [3.63, 3.8) is 0 Å². The summed E-state index contributed by atoms with van der Waals surface area (Å²) < 4.78 is 5.64. The maximum absolute atomic E-state index is 13.2. The predicted octanol–water partition coefficient (Wildman–Crippen LogP) is 2.49. The first kappa shape index (κ1) is 24.2. The Labute approximate surface area is 182 Å². The summed E-state index contributed by atoms with van der Waals surface area (Å²) in [5.74, 6) is 0.720. The van der Waals surface area contributed by atoms with E-state index in [0.29, 0.717) is 41.6 Å². The van der Waals surface area contributed by atoms with Crippen molar-refractivity contribution in [1.82, 2.24) is 24.9 Å². The van der Waals surface area contributed by atoms with Crippen LogP contribution in [0.25, 0.3) is 5.69 Å². The molecule has 0 aliphatic heterocycles. The molecule has 9 nitrogen and oxygen atoms in total. The van der Waals surface area contributed by atoms with Crippen molar-refractivity contribution >= 4 is 5.91 Å². The average molecular weight is 430 g/mol. The van der Waals surface area contributed by atoms with Crippen molar-refractivity contribution in [1.29, 1.82) is 0 Å². The Morgan fingerprint density at radius 1 is 1.16 bits per heavy atom. The fourth-order valence-electron chi connectivity index (χ4n) is 3.13. The molecule has 31 heavy (non-hydrogen) atoms. The first-order valence-electron chi connectivity index (χ1n) is 10.4. The molecule has 0 saturated heterocycles. The summed E-state index contributed by atoms with van der Waals surface area (Å²) in [7, 11) is 0. The van der Waals surface area contributed by atoms with Crippen LogP contribution in [0.5, 0.6) is 0 Å². The van der Waals surface area contributed by atoms with Gasteiger partial charge in [-0.05, 0) is 32.9 Å². The summed E-state index contributed by atoms with van der Waals surface area (Å²) in [6.45, 7) is 9.32. The lowest BCUT2D eigenvalue weighted by Gasteiger charge is -2.22. The fraction of sp³-hybridized carbons (Fsp3) is 0.455. The number of carbonyl (C=O) groups is 1. The standard InChI is InChI=1S/C20H25N5O4.C2H6/c1-14-18(20(2,3)28)23-17(29-14)8-11-24(12-13-26)19(27)15-6-4-5-7-16(15)25-21-9-10-22-25;1-2/h4-7,9-10,26,28H,8,11-13H2,1-3H3;1-2H3. The topological polar surface area (TPSA) is 118 Å². The van der Waals surface area contributed by atoms with Gasteiger partial charge in [0.15, 0.2) is 5.89 Å². The molecular formula is C22H31N5O4. The molecule has 3 aromatic rings. The van der Waals surface area contributed by atoms with Gasteiger partial charge in [0, 0.05) is 19.5 Å². The average Bonchev–Trinajstić information content (AvgIpc) is 3.41. The number of carbonyl (C=O) groups excluding carboxylic acids is 1. The molecule has 0 bridgehead atoms. The third-order valence-corrected chi connectivity index (χ3v) is 4.44. The summed E-state index contributed by atoms with van der Waals surface area (Å²) in [5, 5.41) is 27.8. The summed E-state index contributed by atoms with van der Waals surface area (Å²) >= 11 is 0. The van der Waals surface area contributed by atoms with Crippen LogP contribution in [-0.2, 0) is 12.0 Å². The number of aliphatic hydroxyl groups is 2. The summed E-state index contributed by atoms with van der Waals surface area (Å²) in [6, 6.07) is 7.04. The maximum atomic E-state index is 13.2. The van der Waals surface area contributed by atoms with Gasteiger partial charge >= 0.3 is 0 Å². The zero-order chi connectivity index (χ0) is 23.0. The van der Waals surface area contributed by atoms with Crippen LogP contribution in [0.3, 0.4) is 0 Å². The van der Waals surface area contributed by atoms with E-state index in [4.69, 9.17) is 4.42 Å². The van der Waals surface area contributed by atoms with Gasteiger partial charge in [0.2, 0.25) is 0 Å². The molecule has 168 valence electrons. The highest BCUT2D eigenvalue weighted by Crippen LogP contribution is 2.23. The highest BCUT2D eigenvalue weighted by molar-refractivity contribution is 5.97. The molecule has 0 atom stereocenters. The monoisotopic (exact) mass is 429 g/mol. The first-order chi connectivity index (χ1) is 14.8. The molecular weight excluding hydrogens is 398 g/mol. The number of hydrogen-bond donors (Lipinski definition) is 2. The normalized spacial score (nSPS) is 11.1.